The number of halogens is 1. The average Bonchev–Trinajstić information content (AvgIpc) is 2.37. The molecule has 1 aromatic carbocycles. The normalized spacial score (nSPS) is 11.6. The lowest BCUT2D eigenvalue weighted by Gasteiger charge is -2.21. The minimum atomic E-state index is -3.50. The van der Waals surface area contributed by atoms with Gasteiger partial charge in [0.25, 0.3) is 0 Å². The predicted molar refractivity (Wildman–Crippen MR) is 89.3 cm³/mol. The predicted octanol–water partition coefficient (Wildman–Crippen LogP) is 2.18. The van der Waals surface area contributed by atoms with Crippen molar-refractivity contribution < 1.29 is 13.2 Å². The van der Waals surface area contributed by atoms with E-state index in [1.165, 1.54) is 11.4 Å². The Bertz CT molecular complexity index is 605. The standard InChI is InChI=1S/C13H19ClN2O3S2/c1-3-6-16(8-13(15)20)21(17,18)9-10-4-5-12(19-2)11(14)7-10/h4-5,7H,3,6,8-9H2,1-2H3,(H2,15,20). The maximum absolute atomic E-state index is 12.4. The molecule has 0 aliphatic carbocycles. The van der Waals surface area contributed by atoms with E-state index in [1.807, 2.05) is 6.92 Å². The molecule has 0 saturated heterocycles. The van der Waals surface area contributed by atoms with Gasteiger partial charge in [0.2, 0.25) is 10.0 Å². The molecule has 0 aliphatic heterocycles. The summed E-state index contributed by atoms with van der Waals surface area (Å²) < 4.78 is 31.2. The minimum Gasteiger partial charge on any atom is -0.495 e. The molecule has 0 saturated carbocycles. The minimum absolute atomic E-state index is 0.0510. The zero-order valence-corrected chi connectivity index (χ0v) is 14.4. The smallest absolute Gasteiger partial charge is 0.218 e. The largest absolute Gasteiger partial charge is 0.495 e. The molecule has 0 aromatic heterocycles. The van der Waals surface area contributed by atoms with Crippen molar-refractivity contribution in [1.82, 2.24) is 4.31 Å². The molecule has 0 radical (unpaired) electrons. The Morgan fingerprint density at radius 2 is 2.14 bits per heavy atom. The number of hydrogen-bond donors (Lipinski definition) is 1. The fourth-order valence-electron chi connectivity index (χ4n) is 1.84. The van der Waals surface area contributed by atoms with Crippen LogP contribution in [0.3, 0.4) is 0 Å². The first kappa shape index (κ1) is 18.2. The van der Waals surface area contributed by atoms with Crippen molar-refractivity contribution in [2.24, 2.45) is 5.73 Å². The van der Waals surface area contributed by atoms with Gasteiger partial charge >= 0.3 is 0 Å². The molecular formula is C13H19ClN2O3S2. The monoisotopic (exact) mass is 350 g/mol. The van der Waals surface area contributed by atoms with Crippen molar-refractivity contribution in [2.45, 2.75) is 19.1 Å². The molecule has 0 fully saturated rings. The van der Waals surface area contributed by atoms with Gasteiger partial charge < -0.3 is 10.5 Å². The summed E-state index contributed by atoms with van der Waals surface area (Å²) in [5.41, 5.74) is 6.05. The van der Waals surface area contributed by atoms with E-state index in [-0.39, 0.29) is 17.3 Å². The lowest BCUT2D eigenvalue weighted by Crippen LogP contribution is -2.38. The molecule has 0 heterocycles. The molecule has 1 rings (SSSR count). The highest BCUT2D eigenvalue weighted by Gasteiger charge is 2.22. The summed E-state index contributed by atoms with van der Waals surface area (Å²) in [7, 11) is -2.00. The SMILES string of the molecule is CCCN(CC(N)=S)S(=O)(=O)Cc1ccc(OC)c(Cl)c1. The number of methoxy groups -OCH3 is 1. The molecule has 21 heavy (non-hydrogen) atoms. The number of ether oxygens (including phenoxy) is 1. The lowest BCUT2D eigenvalue weighted by molar-refractivity contribution is 0.415. The van der Waals surface area contributed by atoms with E-state index in [0.717, 1.165) is 0 Å². The summed E-state index contributed by atoms with van der Waals surface area (Å²) in [5, 5.41) is 0.376. The number of nitrogens with zero attached hydrogens (tertiary/aromatic N) is 1. The molecule has 0 bridgehead atoms. The van der Waals surface area contributed by atoms with Crippen molar-refractivity contribution in [3.63, 3.8) is 0 Å². The maximum atomic E-state index is 12.4. The van der Waals surface area contributed by atoms with Gasteiger partial charge in [0.05, 0.1) is 29.4 Å². The highest BCUT2D eigenvalue weighted by atomic mass is 35.5. The van der Waals surface area contributed by atoms with E-state index in [0.29, 0.717) is 29.3 Å². The van der Waals surface area contributed by atoms with Gasteiger partial charge in [0.15, 0.2) is 0 Å². The quantitative estimate of drug-likeness (QED) is 0.727. The third-order valence-electron chi connectivity index (χ3n) is 2.76. The molecule has 0 spiro atoms. The molecule has 0 unspecified atom stereocenters. The van der Waals surface area contributed by atoms with Gasteiger partial charge in [-0.2, -0.15) is 4.31 Å². The Labute approximate surface area is 136 Å². The van der Waals surface area contributed by atoms with E-state index >= 15 is 0 Å². The van der Waals surface area contributed by atoms with E-state index in [4.69, 9.17) is 34.3 Å². The number of rotatable bonds is 8. The van der Waals surface area contributed by atoms with Crippen LogP contribution in [0.1, 0.15) is 18.9 Å². The Kier molecular flexibility index (Phi) is 6.86. The number of thiocarbonyl (C=S) groups is 1. The summed E-state index contributed by atoms with van der Waals surface area (Å²) in [4.78, 5) is 0.153. The molecular weight excluding hydrogens is 332 g/mol. The fraction of sp³-hybridized carbons (Fsp3) is 0.462. The first-order chi connectivity index (χ1) is 9.80. The van der Waals surface area contributed by atoms with Crippen LogP contribution in [-0.4, -0.2) is 37.9 Å². The Morgan fingerprint density at radius 1 is 1.48 bits per heavy atom. The first-order valence-electron chi connectivity index (χ1n) is 6.38. The van der Waals surface area contributed by atoms with Gasteiger partial charge in [0.1, 0.15) is 5.75 Å². The third-order valence-corrected chi connectivity index (χ3v) is 4.98. The number of hydrogen-bond acceptors (Lipinski definition) is 4. The number of nitrogens with two attached hydrogens (primary N) is 1. The zero-order chi connectivity index (χ0) is 16.0. The molecule has 8 heteroatoms. The molecule has 118 valence electrons. The molecule has 0 atom stereocenters. The van der Waals surface area contributed by atoms with Crippen molar-refractivity contribution in [1.29, 1.82) is 0 Å². The van der Waals surface area contributed by atoms with Crippen LogP contribution in [0, 0.1) is 0 Å². The van der Waals surface area contributed by atoms with Crippen LogP contribution in [0.5, 0.6) is 5.75 Å². The topological polar surface area (TPSA) is 72.6 Å². The summed E-state index contributed by atoms with van der Waals surface area (Å²) in [6.45, 7) is 2.32. The van der Waals surface area contributed by atoms with Crippen LogP contribution in [0.2, 0.25) is 5.02 Å². The molecule has 1 aromatic rings. The molecule has 0 amide bonds. The Hall–Kier alpha value is -0.890. The maximum Gasteiger partial charge on any atom is 0.218 e. The third kappa shape index (κ3) is 5.43. The number of sulfonamides is 1. The fourth-order valence-corrected chi connectivity index (χ4v) is 3.94. The van der Waals surface area contributed by atoms with Crippen LogP contribution in [0.4, 0.5) is 0 Å². The van der Waals surface area contributed by atoms with E-state index in [9.17, 15) is 8.42 Å². The Morgan fingerprint density at radius 3 is 2.62 bits per heavy atom. The van der Waals surface area contributed by atoms with Gasteiger partial charge in [-0.1, -0.05) is 36.8 Å². The van der Waals surface area contributed by atoms with Gasteiger partial charge in [-0.25, -0.2) is 8.42 Å². The van der Waals surface area contributed by atoms with Gasteiger partial charge in [-0.3, -0.25) is 0 Å². The van der Waals surface area contributed by atoms with Crippen molar-refractivity contribution in [3.05, 3.63) is 28.8 Å². The second kappa shape index (κ2) is 7.93. The van der Waals surface area contributed by atoms with Crippen LogP contribution in [0.25, 0.3) is 0 Å². The first-order valence-corrected chi connectivity index (χ1v) is 8.78. The summed E-state index contributed by atoms with van der Waals surface area (Å²) >= 11 is 10.8. The van der Waals surface area contributed by atoms with Crippen LogP contribution >= 0.6 is 23.8 Å². The second-order valence-corrected chi connectivity index (χ2v) is 7.43. The van der Waals surface area contributed by atoms with Gasteiger partial charge in [0, 0.05) is 6.54 Å². The highest BCUT2D eigenvalue weighted by molar-refractivity contribution is 7.88. The highest BCUT2D eigenvalue weighted by Crippen LogP contribution is 2.26. The molecule has 2 N–H and O–H groups in total. The van der Waals surface area contributed by atoms with Gasteiger partial charge in [-0.05, 0) is 24.1 Å². The van der Waals surface area contributed by atoms with E-state index < -0.39 is 10.0 Å². The van der Waals surface area contributed by atoms with E-state index in [1.54, 1.807) is 18.2 Å². The van der Waals surface area contributed by atoms with Gasteiger partial charge in [-0.15, -0.1) is 0 Å². The lowest BCUT2D eigenvalue weighted by atomic mass is 10.2. The molecule has 5 nitrogen and oxygen atoms in total. The zero-order valence-electron chi connectivity index (χ0n) is 12.0. The summed E-state index contributed by atoms with van der Waals surface area (Å²) in [5.74, 6) is 0.352. The Balaban J connectivity index is 2.96. The average molecular weight is 351 g/mol. The van der Waals surface area contributed by atoms with Crippen LogP contribution < -0.4 is 10.5 Å². The summed E-state index contributed by atoms with van der Waals surface area (Å²) in [6, 6.07) is 4.90. The van der Waals surface area contributed by atoms with Crippen molar-refractivity contribution in [2.75, 3.05) is 20.2 Å². The number of benzene rings is 1. The van der Waals surface area contributed by atoms with E-state index in [2.05, 4.69) is 0 Å². The molecule has 0 aliphatic rings. The van der Waals surface area contributed by atoms with Crippen molar-refractivity contribution >= 4 is 38.8 Å². The second-order valence-electron chi connectivity index (χ2n) is 4.52. The van der Waals surface area contributed by atoms with Crippen LogP contribution in [-0.2, 0) is 15.8 Å². The van der Waals surface area contributed by atoms with Crippen LogP contribution in [0.15, 0.2) is 18.2 Å². The summed E-state index contributed by atoms with van der Waals surface area (Å²) in [6.07, 6.45) is 0.686. The van der Waals surface area contributed by atoms with Crippen molar-refractivity contribution in [3.8, 4) is 5.75 Å².